The predicted molar refractivity (Wildman–Crippen MR) is 140 cm³/mol. The van der Waals surface area contributed by atoms with E-state index in [0.29, 0.717) is 0 Å². The fraction of sp³-hybridized carbons (Fsp3) is 0.200. The molecule has 1 fully saturated rings. The summed E-state index contributed by atoms with van der Waals surface area (Å²) in [5, 5.41) is 15.6. The summed E-state index contributed by atoms with van der Waals surface area (Å²) in [6, 6.07) is 40.8. The van der Waals surface area contributed by atoms with Crippen LogP contribution in [0.15, 0.2) is 115 Å². The Kier molecular flexibility index (Phi) is 6.98. The summed E-state index contributed by atoms with van der Waals surface area (Å²) >= 11 is 0. The fourth-order valence-corrected chi connectivity index (χ4v) is 7.45. The van der Waals surface area contributed by atoms with Crippen LogP contribution in [0.1, 0.15) is 30.1 Å². The van der Waals surface area contributed by atoms with Crippen molar-refractivity contribution in [2.24, 2.45) is 0 Å². The Hall–Kier alpha value is -2.77. The van der Waals surface area contributed by atoms with Gasteiger partial charge in [0.1, 0.15) is 0 Å². The number of hydrogen-bond donors (Lipinski definition) is 1. The van der Waals surface area contributed by atoms with Crippen LogP contribution < -0.4 is 15.9 Å². The summed E-state index contributed by atoms with van der Waals surface area (Å²) in [5.74, 6) is 0. The molecule has 1 saturated heterocycles. The van der Waals surface area contributed by atoms with Crippen LogP contribution in [0.3, 0.4) is 0 Å². The minimum Gasteiger partial charge on any atom is -0.387 e. The third-order valence-electron chi connectivity index (χ3n) is 6.53. The van der Waals surface area contributed by atoms with E-state index in [0.717, 1.165) is 31.5 Å². The lowest BCUT2D eigenvalue weighted by Gasteiger charge is -2.31. The van der Waals surface area contributed by atoms with Gasteiger partial charge in [-0.3, -0.25) is 4.90 Å². The highest BCUT2D eigenvalue weighted by atomic mass is 31.1. The van der Waals surface area contributed by atoms with Gasteiger partial charge in [0.15, 0.2) is 0 Å². The molecule has 0 unspecified atom stereocenters. The van der Waals surface area contributed by atoms with Crippen LogP contribution >= 0.6 is 7.92 Å². The third kappa shape index (κ3) is 4.94. The zero-order valence-corrected chi connectivity index (χ0v) is 19.7. The average Bonchev–Trinajstić information content (AvgIpc) is 3.34. The van der Waals surface area contributed by atoms with Gasteiger partial charge in [0.2, 0.25) is 0 Å². The molecule has 0 saturated carbocycles. The van der Waals surface area contributed by atoms with E-state index >= 15 is 0 Å². The van der Waals surface area contributed by atoms with Crippen LogP contribution in [0.4, 0.5) is 0 Å². The third-order valence-corrected chi connectivity index (χ3v) is 9.05. The summed E-state index contributed by atoms with van der Waals surface area (Å²) in [4.78, 5) is 2.46. The van der Waals surface area contributed by atoms with Gasteiger partial charge in [-0.1, -0.05) is 115 Å². The first-order valence-electron chi connectivity index (χ1n) is 11.8. The van der Waals surface area contributed by atoms with Crippen molar-refractivity contribution in [1.29, 1.82) is 0 Å². The molecule has 1 aliphatic rings. The van der Waals surface area contributed by atoms with Gasteiger partial charge in [-0.15, -0.1) is 0 Å². The SMILES string of the molecule is O[C@@H](c1ccccc1P(c1ccccc1)c1ccccc1)[C@@H]1CCCN1Cc1ccccc1. The van der Waals surface area contributed by atoms with Crippen LogP contribution in [0, 0.1) is 0 Å². The number of likely N-dealkylation sites (tertiary alicyclic amines) is 1. The molecular weight excluding hydrogens is 421 g/mol. The first-order chi connectivity index (χ1) is 16.3. The molecule has 1 heterocycles. The van der Waals surface area contributed by atoms with Crippen molar-refractivity contribution in [1.82, 2.24) is 4.90 Å². The fourth-order valence-electron chi connectivity index (χ4n) is 4.95. The normalized spacial score (nSPS) is 17.3. The molecule has 0 radical (unpaired) electrons. The maximum Gasteiger partial charge on any atom is 0.0951 e. The van der Waals surface area contributed by atoms with E-state index in [2.05, 4.69) is 120 Å². The maximum absolute atomic E-state index is 11.8. The van der Waals surface area contributed by atoms with Gasteiger partial charge >= 0.3 is 0 Å². The Morgan fingerprint density at radius 2 is 1.27 bits per heavy atom. The molecule has 5 rings (SSSR count). The molecule has 166 valence electrons. The van der Waals surface area contributed by atoms with Gasteiger partial charge in [-0.25, -0.2) is 0 Å². The summed E-state index contributed by atoms with van der Waals surface area (Å²) in [6.07, 6.45) is 1.64. The number of aliphatic hydroxyl groups excluding tert-OH is 1. The maximum atomic E-state index is 11.8. The summed E-state index contributed by atoms with van der Waals surface area (Å²) in [5.41, 5.74) is 2.38. The molecule has 1 N–H and O–H groups in total. The summed E-state index contributed by atoms with van der Waals surface area (Å²) < 4.78 is 0. The lowest BCUT2D eigenvalue weighted by Crippen LogP contribution is -2.36. The second-order valence-electron chi connectivity index (χ2n) is 8.68. The molecule has 4 aromatic carbocycles. The Balaban J connectivity index is 1.51. The van der Waals surface area contributed by atoms with Crippen molar-refractivity contribution >= 4 is 23.8 Å². The van der Waals surface area contributed by atoms with Crippen LogP contribution in [0.2, 0.25) is 0 Å². The lowest BCUT2D eigenvalue weighted by atomic mass is 10.00. The van der Waals surface area contributed by atoms with E-state index in [1.807, 2.05) is 0 Å². The van der Waals surface area contributed by atoms with Gasteiger partial charge in [0.25, 0.3) is 0 Å². The highest BCUT2D eigenvalue weighted by Crippen LogP contribution is 2.38. The standard InChI is InChI=1S/C30H30NOP/c32-30(28-20-12-22-31(28)23-24-13-4-1-5-14-24)27-19-10-11-21-29(27)33(25-15-6-2-7-16-25)26-17-8-3-9-18-26/h1-11,13-19,21,28,30,32H,12,20,22-23H2/t28-,30-/m0/s1. The minimum atomic E-state index is -0.754. The van der Waals surface area contributed by atoms with Crippen molar-refractivity contribution in [2.75, 3.05) is 6.54 Å². The van der Waals surface area contributed by atoms with E-state index in [1.54, 1.807) is 0 Å². The van der Waals surface area contributed by atoms with Crippen molar-refractivity contribution in [3.8, 4) is 0 Å². The van der Waals surface area contributed by atoms with Crippen LogP contribution in [-0.2, 0) is 6.54 Å². The van der Waals surface area contributed by atoms with Crippen molar-refractivity contribution in [2.45, 2.75) is 31.5 Å². The van der Waals surface area contributed by atoms with Crippen molar-refractivity contribution in [3.63, 3.8) is 0 Å². The number of rotatable bonds is 7. The number of benzene rings is 4. The van der Waals surface area contributed by atoms with Gasteiger partial charge in [-0.2, -0.15) is 0 Å². The van der Waals surface area contributed by atoms with Gasteiger partial charge < -0.3 is 5.11 Å². The first kappa shape index (κ1) is 22.0. The molecule has 2 nitrogen and oxygen atoms in total. The Bertz CT molecular complexity index is 1110. The monoisotopic (exact) mass is 451 g/mol. The first-order valence-corrected chi connectivity index (χ1v) is 13.1. The molecule has 0 amide bonds. The quantitative estimate of drug-likeness (QED) is 0.393. The number of aliphatic hydroxyl groups is 1. The Morgan fingerprint density at radius 1 is 0.727 bits per heavy atom. The molecule has 4 aromatic rings. The van der Waals surface area contributed by atoms with E-state index in [-0.39, 0.29) is 6.04 Å². The Labute approximate surface area is 198 Å². The highest BCUT2D eigenvalue weighted by Gasteiger charge is 2.33. The van der Waals surface area contributed by atoms with Gasteiger partial charge in [0.05, 0.1) is 6.10 Å². The van der Waals surface area contributed by atoms with E-state index < -0.39 is 14.0 Å². The molecule has 0 aliphatic carbocycles. The van der Waals surface area contributed by atoms with Gasteiger partial charge in [0, 0.05) is 12.6 Å². The zero-order valence-electron chi connectivity index (χ0n) is 18.8. The largest absolute Gasteiger partial charge is 0.387 e. The van der Waals surface area contributed by atoms with Crippen LogP contribution in [0.5, 0.6) is 0 Å². The molecule has 0 bridgehead atoms. The molecule has 1 aliphatic heterocycles. The smallest absolute Gasteiger partial charge is 0.0951 e. The second-order valence-corrected chi connectivity index (χ2v) is 10.9. The van der Waals surface area contributed by atoms with E-state index in [9.17, 15) is 5.11 Å². The summed E-state index contributed by atoms with van der Waals surface area (Å²) in [7, 11) is -0.754. The molecule has 2 atom stereocenters. The molecule has 0 aromatic heterocycles. The molecule has 33 heavy (non-hydrogen) atoms. The number of nitrogens with zero attached hydrogens (tertiary/aromatic N) is 1. The minimum absolute atomic E-state index is 0.134. The Morgan fingerprint density at radius 3 is 1.91 bits per heavy atom. The predicted octanol–water partition coefficient (Wildman–Crippen LogP) is 5.14. The van der Waals surface area contributed by atoms with Crippen molar-refractivity contribution < 1.29 is 5.11 Å². The molecular formula is C30H30NOP. The van der Waals surface area contributed by atoms with E-state index in [4.69, 9.17) is 0 Å². The second kappa shape index (κ2) is 10.4. The molecule has 3 heteroatoms. The molecule has 0 spiro atoms. The van der Waals surface area contributed by atoms with Crippen LogP contribution in [-0.4, -0.2) is 22.6 Å². The van der Waals surface area contributed by atoms with Gasteiger partial charge in [-0.05, 0) is 54.3 Å². The lowest BCUT2D eigenvalue weighted by molar-refractivity contribution is 0.0695. The average molecular weight is 452 g/mol. The van der Waals surface area contributed by atoms with Crippen molar-refractivity contribution in [3.05, 3.63) is 126 Å². The van der Waals surface area contributed by atoms with E-state index in [1.165, 1.54) is 21.5 Å². The topological polar surface area (TPSA) is 23.5 Å². The van der Waals surface area contributed by atoms with Crippen LogP contribution in [0.25, 0.3) is 0 Å². The summed E-state index contributed by atoms with van der Waals surface area (Å²) in [6.45, 7) is 1.92. The zero-order chi connectivity index (χ0) is 22.5. The number of hydrogen-bond acceptors (Lipinski definition) is 2. The highest BCUT2D eigenvalue weighted by molar-refractivity contribution is 7.79.